The van der Waals surface area contributed by atoms with Gasteiger partial charge >= 0.3 is 6.03 Å². The van der Waals surface area contributed by atoms with Gasteiger partial charge in [-0.3, -0.25) is 4.79 Å². The van der Waals surface area contributed by atoms with E-state index < -0.39 is 11.8 Å². The summed E-state index contributed by atoms with van der Waals surface area (Å²) in [4.78, 5) is 37.7. The molecule has 0 aliphatic carbocycles. The molecule has 0 radical (unpaired) electrons. The van der Waals surface area contributed by atoms with Gasteiger partial charge in [0, 0.05) is 37.4 Å². The summed E-state index contributed by atoms with van der Waals surface area (Å²) in [5, 5.41) is 10.2. The quantitative estimate of drug-likeness (QED) is 0.371. The summed E-state index contributed by atoms with van der Waals surface area (Å²) in [6, 6.07) is 11.0. The predicted octanol–water partition coefficient (Wildman–Crippen LogP) is 2.94. The third-order valence-electron chi connectivity index (χ3n) is 6.47. The van der Waals surface area contributed by atoms with E-state index in [0.29, 0.717) is 41.1 Å². The lowest BCUT2D eigenvalue weighted by Gasteiger charge is -2.32. The molecule has 2 aromatic heterocycles. The molecule has 0 bridgehead atoms. The lowest BCUT2D eigenvalue weighted by molar-refractivity contribution is -0.133. The number of fused-ring (bicyclic) bond motifs is 1. The maximum atomic E-state index is 15.1. The van der Waals surface area contributed by atoms with Crippen molar-refractivity contribution in [3.05, 3.63) is 60.2 Å². The molecule has 0 unspecified atom stereocenters. The fourth-order valence-electron chi connectivity index (χ4n) is 4.40. The van der Waals surface area contributed by atoms with Gasteiger partial charge in [0.05, 0.1) is 11.1 Å². The van der Waals surface area contributed by atoms with Gasteiger partial charge in [0.15, 0.2) is 5.65 Å². The van der Waals surface area contributed by atoms with Crippen molar-refractivity contribution in [3.8, 4) is 11.3 Å². The summed E-state index contributed by atoms with van der Waals surface area (Å²) in [6.07, 6.45) is 1.31. The number of nitrogen functional groups attached to an aromatic ring is 1. The molecule has 5 rings (SSSR count). The van der Waals surface area contributed by atoms with E-state index in [1.807, 2.05) is 26.1 Å². The number of nitrogens with one attached hydrogen (secondary N) is 2. The Kier molecular flexibility index (Phi) is 6.88. The standard InChI is InChI=1S/C26H28FN9O2/c1-16-4-3-5-18(12-16)31-26(38)32-20-7-6-17(13-19(20)27)23-22-24(28)29-15-30-25(22)36(33-23)14-21(37)35-10-8-34(2)9-11-35/h3-7,12-13,15H,8-11,14H2,1-2H3,(H2,28,29,30)(H2,31,32,38). The molecule has 1 aliphatic rings. The molecule has 38 heavy (non-hydrogen) atoms. The van der Waals surface area contributed by atoms with Crippen LogP contribution in [0.1, 0.15) is 5.56 Å². The zero-order valence-electron chi connectivity index (χ0n) is 21.1. The summed E-state index contributed by atoms with van der Waals surface area (Å²) in [5.41, 5.74) is 8.87. The zero-order valence-corrected chi connectivity index (χ0v) is 21.1. The van der Waals surface area contributed by atoms with Gasteiger partial charge in [-0.25, -0.2) is 23.8 Å². The number of hydrogen-bond donors (Lipinski definition) is 3. The number of benzene rings is 2. The fraction of sp³-hybridized carbons (Fsp3) is 0.269. The van der Waals surface area contributed by atoms with Gasteiger partial charge in [-0.2, -0.15) is 5.10 Å². The Morgan fingerprint density at radius 3 is 2.58 bits per heavy atom. The number of nitrogens with two attached hydrogens (primary N) is 1. The van der Waals surface area contributed by atoms with Crippen molar-refractivity contribution in [2.24, 2.45) is 0 Å². The highest BCUT2D eigenvalue weighted by Gasteiger charge is 2.23. The second-order valence-corrected chi connectivity index (χ2v) is 9.29. The number of carbonyl (C=O) groups excluding carboxylic acids is 2. The Morgan fingerprint density at radius 1 is 1.05 bits per heavy atom. The maximum Gasteiger partial charge on any atom is 0.323 e. The van der Waals surface area contributed by atoms with Crippen LogP contribution in [-0.2, 0) is 11.3 Å². The minimum absolute atomic E-state index is 0.00268. The smallest absolute Gasteiger partial charge is 0.323 e. The number of aromatic nitrogens is 4. The summed E-state index contributed by atoms with van der Waals surface area (Å²) in [6.45, 7) is 4.75. The third kappa shape index (κ3) is 5.25. The number of urea groups is 1. The first kappa shape index (κ1) is 25.1. The Labute approximate surface area is 218 Å². The summed E-state index contributed by atoms with van der Waals surface area (Å²) in [7, 11) is 2.02. The molecule has 0 atom stereocenters. The van der Waals surface area contributed by atoms with Crippen molar-refractivity contribution in [3.63, 3.8) is 0 Å². The van der Waals surface area contributed by atoms with Crippen molar-refractivity contribution in [1.29, 1.82) is 0 Å². The fourth-order valence-corrected chi connectivity index (χ4v) is 4.40. The molecule has 3 heterocycles. The first-order valence-corrected chi connectivity index (χ1v) is 12.2. The van der Waals surface area contributed by atoms with Crippen molar-refractivity contribution in [1.82, 2.24) is 29.5 Å². The number of piperazine rings is 1. The molecule has 0 saturated carbocycles. The Bertz CT molecular complexity index is 1510. The molecule has 0 spiro atoms. The van der Waals surface area contributed by atoms with E-state index in [1.165, 1.54) is 23.1 Å². The second kappa shape index (κ2) is 10.4. The molecule has 3 amide bonds. The topological polar surface area (TPSA) is 134 Å². The zero-order chi connectivity index (χ0) is 26.8. The average Bonchev–Trinajstić information content (AvgIpc) is 3.25. The molecule has 196 valence electrons. The molecule has 4 aromatic rings. The third-order valence-corrected chi connectivity index (χ3v) is 6.47. The van der Waals surface area contributed by atoms with Crippen LogP contribution in [0.3, 0.4) is 0 Å². The van der Waals surface area contributed by atoms with E-state index in [2.05, 4.69) is 30.6 Å². The normalized spacial score (nSPS) is 14.0. The summed E-state index contributed by atoms with van der Waals surface area (Å²) in [5.74, 6) is -0.575. The van der Waals surface area contributed by atoms with Gasteiger partial charge in [0.2, 0.25) is 5.91 Å². The van der Waals surface area contributed by atoms with Crippen LogP contribution in [0.15, 0.2) is 48.8 Å². The highest BCUT2D eigenvalue weighted by Crippen LogP contribution is 2.32. The number of rotatable bonds is 5. The number of carbonyl (C=O) groups is 2. The number of hydrogen-bond acceptors (Lipinski definition) is 7. The highest BCUT2D eigenvalue weighted by molar-refractivity contribution is 6.01. The van der Waals surface area contributed by atoms with Crippen LogP contribution in [0.5, 0.6) is 0 Å². The van der Waals surface area contributed by atoms with Crippen LogP contribution in [0.4, 0.5) is 26.4 Å². The van der Waals surface area contributed by atoms with Crippen LogP contribution in [0.25, 0.3) is 22.3 Å². The molecular weight excluding hydrogens is 489 g/mol. The van der Waals surface area contributed by atoms with Crippen molar-refractivity contribution >= 4 is 40.2 Å². The van der Waals surface area contributed by atoms with E-state index in [9.17, 15) is 9.59 Å². The summed E-state index contributed by atoms with van der Waals surface area (Å²) >= 11 is 0. The van der Waals surface area contributed by atoms with Crippen LogP contribution in [0.2, 0.25) is 0 Å². The number of likely N-dealkylation sites (N-methyl/N-ethyl adjacent to an activating group) is 1. The molecule has 12 heteroatoms. The maximum absolute atomic E-state index is 15.1. The van der Waals surface area contributed by atoms with E-state index >= 15 is 4.39 Å². The minimum Gasteiger partial charge on any atom is -0.383 e. The van der Waals surface area contributed by atoms with Crippen LogP contribution in [-0.4, -0.2) is 74.7 Å². The Hall–Kier alpha value is -4.58. The predicted molar refractivity (Wildman–Crippen MR) is 143 cm³/mol. The van der Waals surface area contributed by atoms with Crippen LogP contribution >= 0.6 is 0 Å². The molecular formula is C26H28FN9O2. The number of nitrogens with zero attached hydrogens (tertiary/aromatic N) is 6. The van der Waals surface area contributed by atoms with E-state index in [1.54, 1.807) is 23.1 Å². The first-order valence-electron chi connectivity index (χ1n) is 12.2. The van der Waals surface area contributed by atoms with Gasteiger partial charge in [-0.05, 0) is 43.8 Å². The van der Waals surface area contributed by atoms with Gasteiger partial charge < -0.3 is 26.2 Å². The Morgan fingerprint density at radius 2 is 1.84 bits per heavy atom. The van der Waals surface area contributed by atoms with E-state index in [0.717, 1.165) is 18.7 Å². The number of amides is 3. The number of anilines is 3. The van der Waals surface area contributed by atoms with Gasteiger partial charge in [0.25, 0.3) is 0 Å². The highest BCUT2D eigenvalue weighted by atomic mass is 19.1. The van der Waals surface area contributed by atoms with Gasteiger partial charge in [0.1, 0.15) is 30.2 Å². The average molecular weight is 518 g/mol. The largest absolute Gasteiger partial charge is 0.383 e. The summed E-state index contributed by atoms with van der Waals surface area (Å²) < 4.78 is 16.6. The minimum atomic E-state index is -0.659. The van der Waals surface area contributed by atoms with E-state index in [4.69, 9.17) is 5.73 Å². The van der Waals surface area contributed by atoms with Gasteiger partial charge in [-0.1, -0.05) is 18.2 Å². The van der Waals surface area contributed by atoms with Crippen LogP contribution < -0.4 is 16.4 Å². The number of halogens is 1. The van der Waals surface area contributed by atoms with Gasteiger partial charge in [-0.15, -0.1) is 0 Å². The van der Waals surface area contributed by atoms with Crippen molar-refractivity contribution < 1.29 is 14.0 Å². The monoisotopic (exact) mass is 517 g/mol. The molecule has 4 N–H and O–H groups in total. The second-order valence-electron chi connectivity index (χ2n) is 9.29. The van der Waals surface area contributed by atoms with Crippen molar-refractivity contribution in [2.45, 2.75) is 13.5 Å². The molecule has 1 aliphatic heterocycles. The van der Waals surface area contributed by atoms with E-state index in [-0.39, 0.29) is 24.0 Å². The van der Waals surface area contributed by atoms with Crippen LogP contribution in [0, 0.1) is 12.7 Å². The lowest BCUT2D eigenvalue weighted by atomic mass is 10.1. The number of aryl methyl sites for hydroxylation is 1. The Balaban J connectivity index is 1.39. The molecule has 11 nitrogen and oxygen atoms in total. The lowest BCUT2D eigenvalue weighted by Crippen LogP contribution is -2.48. The SMILES string of the molecule is Cc1cccc(NC(=O)Nc2ccc(-c3nn(CC(=O)N4CCN(C)CC4)c4ncnc(N)c34)cc2F)c1. The first-order chi connectivity index (χ1) is 18.3. The molecule has 2 aromatic carbocycles. The molecule has 1 fully saturated rings. The molecule has 1 saturated heterocycles. The van der Waals surface area contributed by atoms with Crippen molar-refractivity contribution in [2.75, 3.05) is 49.6 Å².